The molecule has 0 aromatic heterocycles. The second-order valence-electron chi connectivity index (χ2n) is 19.9. The van der Waals surface area contributed by atoms with Gasteiger partial charge in [0.15, 0.2) is 17.9 Å². The van der Waals surface area contributed by atoms with Crippen LogP contribution in [-0.2, 0) is 54.0 Å². The maximum atomic E-state index is 12.4. The Hall–Kier alpha value is -2.87. The Bertz CT molecular complexity index is 1870. The minimum Gasteiger partial charge on any atom is -0.497 e. The van der Waals surface area contributed by atoms with Crippen LogP contribution in [0, 0.1) is 29.6 Å². The molecule has 6 saturated heterocycles. The normalized spacial score (nSPS) is 42.7. The Kier molecular flexibility index (Phi) is 13.4. The van der Waals surface area contributed by atoms with Gasteiger partial charge in [0.05, 0.1) is 68.7 Å². The summed E-state index contributed by atoms with van der Waals surface area (Å²) in [5, 5.41) is 0. The highest BCUT2D eigenvalue weighted by Gasteiger charge is 2.62. The van der Waals surface area contributed by atoms with Crippen molar-refractivity contribution in [3.63, 3.8) is 0 Å². The van der Waals surface area contributed by atoms with Gasteiger partial charge in [-0.2, -0.15) is 0 Å². The van der Waals surface area contributed by atoms with E-state index < -0.39 is 29.1 Å². The molecule has 2 aromatic carbocycles. The van der Waals surface area contributed by atoms with Crippen molar-refractivity contribution in [2.24, 2.45) is 29.6 Å². The van der Waals surface area contributed by atoms with Crippen LogP contribution in [0.2, 0.25) is 0 Å². The number of methoxy groups -OCH3 is 2. The van der Waals surface area contributed by atoms with Crippen LogP contribution in [0.3, 0.4) is 0 Å². The first kappa shape index (κ1) is 45.7. The summed E-state index contributed by atoms with van der Waals surface area (Å²) in [7, 11) is 3.08. The zero-order chi connectivity index (χ0) is 44.0. The third-order valence-electron chi connectivity index (χ3n) is 15.6. The number of ether oxygens (including phenoxy) is 10. The van der Waals surface area contributed by atoms with Gasteiger partial charge in [0.1, 0.15) is 12.4 Å². The minimum atomic E-state index is -0.850. The average Bonchev–Trinajstić information content (AvgIpc) is 4.08. The molecule has 342 valence electrons. The number of esters is 1. The summed E-state index contributed by atoms with van der Waals surface area (Å²) in [6, 6.07) is 18.1. The Morgan fingerprint density at radius 3 is 2.39 bits per heavy atom. The molecule has 0 unspecified atom stereocenters. The fourth-order valence-electron chi connectivity index (χ4n) is 11.9. The molecule has 0 saturated carbocycles. The average molecular weight is 861 g/mol. The second-order valence-corrected chi connectivity index (χ2v) is 19.9. The van der Waals surface area contributed by atoms with Crippen molar-refractivity contribution in [3.8, 4) is 5.75 Å². The van der Waals surface area contributed by atoms with Crippen molar-refractivity contribution >= 4 is 5.97 Å². The van der Waals surface area contributed by atoms with E-state index in [0.717, 1.165) is 61.8 Å². The molecule has 11 nitrogen and oxygen atoms in total. The first-order valence-corrected chi connectivity index (χ1v) is 23.4. The monoisotopic (exact) mass is 861 g/mol. The number of carbonyl (C=O) groups is 1. The van der Waals surface area contributed by atoms with E-state index >= 15 is 0 Å². The molecule has 6 aliphatic rings. The summed E-state index contributed by atoms with van der Waals surface area (Å²) in [6.07, 6.45) is 7.25. The molecule has 0 amide bonds. The maximum Gasteiger partial charge on any atom is 0.333 e. The van der Waals surface area contributed by atoms with E-state index in [4.69, 9.17) is 47.4 Å². The summed E-state index contributed by atoms with van der Waals surface area (Å²) in [6.45, 7) is 18.2. The number of hydrogen-bond donors (Lipinski definition) is 0. The van der Waals surface area contributed by atoms with Crippen molar-refractivity contribution in [3.05, 3.63) is 77.4 Å². The number of benzene rings is 2. The van der Waals surface area contributed by atoms with Gasteiger partial charge in [0.2, 0.25) is 0 Å². The van der Waals surface area contributed by atoms with Crippen molar-refractivity contribution in [1.29, 1.82) is 0 Å². The van der Waals surface area contributed by atoms with E-state index in [1.165, 1.54) is 7.11 Å². The molecule has 62 heavy (non-hydrogen) atoms. The lowest BCUT2D eigenvalue weighted by Crippen LogP contribution is -2.55. The van der Waals surface area contributed by atoms with E-state index in [9.17, 15) is 4.79 Å². The first-order chi connectivity index (χ1) is 29.6. The third-order valence-corrected chi connectivity index (χ3v) is 15.6. The standard InChI is InChI=1S/C51H72O11/c1-11-49(45-33(4)27-40(57-45)44-32(3)26-35(6)51(60-44)30-56-47(61-51)38-17-19-39(53-9)20-18-38)22-21-42(58-49)48(8)23-24-50(62-48)28-41(55-29-37-15-13-12-14-16-37)36(7)43(59-50)31(2)25-34(5)46(52)54-10/h12-20,25,31-33,35-36,40-45,47H,11,21-24,26-30H2,1-10H3/b34-25+/t31-,32-,33-,35+,36+,40-,41-,42+,43+,44-,45+,47-,48+,49-,50+,51+/m0/s1. The molecule has 6 fully saturated rings. The molecule has 0 N–H and O–H groups in total. The van der Waals surface area contributed by atoms with Crippen LogP contribution in [-0.4, -0.2) is 86.2 Å². The number of carbonyl (C=O) groups excluding carboxylic acids is 1. The quantitative estimate of drug-likeness (QED) is 0.150. The molecule has 0 bridgehead atoms. The van der Waals surface area contributed by atoms with E-state index in [1.54, 1.807) is 14.0 Å². The predicted molar refractivity (Wildman–Crippen MR) is 233 cm³/mol. The molecule has 11 heteroatoms. The lowest BCUT2D eigenvalue weighted by molar-refractivity contribution is -0.334. The largest absolute Gasteiger partial charge is 0.497 e. The SMILES string of the molecule is CC[C@@]1([C@@H]2O[C@H]([C@H]3O[C@@]4(CO[C@H](c5ccc(OC)cc5)O4)[C@H](C)C[C@@H]3C)C[C@@H]2C)CC[C@H]([C@@]2(C)CC[C@]3(C[C@H](OCc4ccccc4)[C@@H](C)[C@@H]([C@@H](C)/C=C(\C)C(=O)OC)O3)O2)O1. The van der Waals surface area contributed by atoms with Gasteiger partial charge < -0.3 is 47.4 Å². The molecule has 8 rings (SSSR count). The van der Waals surface area contributed by atoms with Crippen LogP contribution in [0.4, 0.5) is 0 Å². The molecule has 2 spiro atoms. The van der Waals surface area contributed by atoms with Crippen LogP contribution >= 0.6 is 0 Å². The highest BCUT2D eigenvalue weighted by molar-refractivity contribution is 5.87. The Labute approximate surface area is 369 Å². The van der Waals surface area contributed by atoms with Crippen molar-refractivity contribution < 1.29 is 52.2 Å². The first-order valence-electron chi connectivity index (χ1n) is 23.4. The fourth-order valence-corrected chi connectivity index (χ4v) is 11.9. The smallest absolute Gasteiger partial charge is 0.333 e. The molecule has 2 aromatic rings. The summed E-state index contributed by atoms with van der Waals surface area (Å²) in [5.74, 6) is -0.542. The molecule has 0 radical (unpaired) electrons. The lowest BCUT2D eigenvalue weighted by Gasteiger charge is -2.48. The van der Waals surface area contributed by atoms with Crippen molar-refractivity contribution in [1.82, 2.24) is 0 Å². The van der Waals surface area contributed by atoms with Gasteiger partial charge in [-0.25, -0.2) is 4.79 Å². The Morgan fingerprint density at radius 1 is 0.919 bits per heavy atom. The predicted octanol–water partition coefficient (Wildman–Crippen LogP) is 9.65. The van der Waals surface area contributed by atoms with Gasteiger partial charge in [0.25, 0.3) is 0 Å². The molecular formula is C51H72O11. The molecule has 6 aliphatic heterocycles. The lowest BCUT2D eigenvalue weighted by atomic mass is 9.80. The summed E-state index contributed by atoms with van der Waals surface area (Å²) in [5.41, 5.74) is 1.61. The summed E-state index contributed by atoms with van der Waals surface area (Å²) in [4.78, 5) is 12.4. The summed E-state index contributed by atoms with van der Waals surface area (Å²) < 4.78 is 66.1. The molecule has 0 aliphatic carbocycles. The number of rotatable bonds is 12. The topological polar surface area (TPSA) is 109 Å². The zero-order valence-electron chi connectivity index (χ0n) is 38.8. The Morgan fingerprint density at radius 2 is 1.68 bits per heavy atom. The van der Waals surface area contributed by atoms with E-state index in [2.05, 4.69) is 60.6 Å². The molecule has 16 atom stereocenters. The van der Waals surface area contributed by atoms with E-state index in [1.807, 2.05) is 48.5 Å². The maximum absolute atomic E-state index is 12.4. The van der Waals surface area contributed by atoms with Gasteiger partial charge in [0, 0.05) is 41.7 Å². The van der Waals surface area contributed by atoms with Gasteiger partial charge in [-0.15, -0.1) is 0 Å². The van der Waals surface area contributed by atoms with Gasteiger partial charge >= 0.3 is 5.97 Å². The fraction of sp³-hybridized carbons (Fsp3) is 0.706. The van der Waals surface area contributed by atoms with Crippen LogP contribution in [0.1, 0.15) is 124 Å². The third kappa shape index (κ3) is 8.79. The summed E-state index contributed by atoms with van der Waals surface area (Å²) >= 11 is 0. The highest BCUT2D eigenvalue weighted by Crippen LogP contribution is 2.56. The molecule has 6 heterocycles. The zero-order valence-corrected chi connectivity index (χ0v) is 38.8. The Balaban J connectivity index is 0.956. The van der Waals surface area contributed by atoms with E-state index in [-0.39, 0.29) is 72.2 Å². The van der Waals surface area contributed by atoms with Gasteiger partial charge in [-0.05, 0) is 81.9 Å². The van der Waals surface area contributed by atoms with Crippen LogP contribution < -0.4 is 4.74 Å². The second kappa shape index (κ2) is 18.2. The van der Waals surface area contributed by atoms with Gasteiger partial charge in [-0.1, -0.05) is 90.1 Å². The number of hydrogen-bond acceptors (Lipinski definition) is 11. The highest BCUT2D eigenvalue weighted by atomic mass is 16.8. The van der Waals surface area contributed by atoms with E-state index in [0.29, 0.717) is 25.2 Å². The molecular weight excluding hydrogens is 789 g/mol. The van der Waals surface area contributed by atoms with Crippen LogP contribution in [0.5, 0.6) is 5.75 Å². The van der Waals surface area contributed by atoms with Crippen molar-refractivity contribution in [2.75, 3.05) is 20.8 Å². The van der Waals surface area contributed by atoms with Gasteiger partial charge in [-0.3, -0.25) is 0 Å². The van der Waals surface area contributed by atoms with Crippen LogP contribution in [0.25, 0.3) is 0 Å². The van der Waals surface area contributed by atoms with Crippen molar-refractivity contribution in [2.45, 2.75) is 179 Å². The van der Waals surface area contributed by atoms with Crippen LogP contribution in [0.15, 0.2) is 66.2 Å². The minimum absolute atomic E-state index is 0.0533.